The molecule has 4 aromatic rings. The van der Waals surface area contributed by atoms with Crippen LogP contribution in [0.2, 0.25) is 0 Å². The molecule has 2 aliphatic rings. The van der Waals surface area contributed by atoms with Crippen LogP contribution in [0.5, 0.6) is 0 Å². The lowest BCUT2D eigenvalue weighted by atomic mass is 9.96. The van der Waals surface area contributed by atoms with Crippen molar-refractivity contribution in [2.24, 2.45) is 4.99 Å². The van der Waals surface area contributed by atoms with Crippen molar-refractivity contribution < 1.29 is 4.79 Å². The number of benzene rings is 4. The van der Waals surface area contributed by atoms with Crippen molar-refractivity contribution in [3.63, 3.8) is 0 Å². The number of piperazine rings is 1. The third-order valence-corrected chi connectivity index (χ3v) is 8.05. The zero-order valence-corrected chi connectivity index (χ0v) is 22.6. The first-order valence-corrected chi connectivity index (χ1v) is 13.7. The highest BCUT2D eigenvalue weighted by atomic mass is 16.2. The van der Waals surface area contributed by atoms with Gasteiger partial charge in [-0.2, -0.15) is 0 Å². The van der Waals surface area contributed by atoms with Crippen LogP contribution in [-0.4, -0.2) is 54.3 Å². The first-order chi connectivity index (χ1) is 19.1. The summed E-state index contributed by atoms with van der Waals surface area (Å²) in [6, 6.07) is 35.9. The van der Waals surface area contributed by atoms with Gasteiger partial charge in [-0.3, -0.25) is 19.5 Å². The predicted molar refractivity (Wildman–Crippen MR) is 159 cm³/mol. The van der Waals surface area contributed by atoms with Gasteiger partial charge in [-0.05, 0) is 48.2 Å². The quantitative estimate of drug-likeness (QED) is 0.311. The Labute approximate surface area is 231 Å². The summed E-state index contributed by atoms with van der Waals surface area (Å²) in [5.41, 5.74) is 8.16. The van der Waals surface area contributed by atoms with Crippen LogP contribution >= 0.6 is 0 Å². The van der Waals surface area contributed by atoms with Crippen molar-refractivity contribution in [1.82, 2.24) is 9.80 Å². The molecule has 0 unspecified atom stereocenters. The van der Waals surface area contributed by atoms with Gasteiger partial charge in [-0.15, -0.1) is 0 Å². The van der Waals surface area contributed by atoms with E-state index in [1.54, 1.807) is 0 Å². The molecule has 2 heterocycles. The number of amides is 1. The standard InChI is InChI=1S/C34H34N4O/c1-25-12-11-18-30(26(25)2)35-32-29-17-9-10-19-31(29)38(34(32)39)24-36-20-22-37(23-21-36)33(27-13-5-3-6-14-27)28-15-7-4-8-16-28/h3-19,33H,20-24H2,1-2H3. The number of rotatable bonds is 6. The summed E-state index contributed by atoms with van der Waals surface area (Å²) < 4.78 is 0. The van der Waals surface area contributed by atoms with E-state index in [9.17, 15) is 4.79 Å². The minimum Gasteiger partial charge on any atom is -0.293 e. The Morgan fingerprint density at radius 2 is 1.33 bits per heavy atom. The number of carbonyl (C=O) groups is 1. The van der Waals surface area contributed by atoms with Gasteiger partial charge < -0.3 is 0 Å². The molecule has 1 fully saturated rings. The predicted octanol–water partition coefficient (Wildman–Crippen LogP) is 6.14. The molecule has 0 radical (unpaired) electrons. The topological polar surface area (TPSA) is 39.2 Å². The van der Waals surface area contributed by atoms with Gasteiger partial charge in [0, 0.05) is 31.7 Å². The van der Waals surface area contributed by atoms with E-state index in [0.717, 1.165) is 48.7 Å². The van der Waals surface area contributed by atoms with E-state index in [0.29, 0.717) is 12.4 Å². The van der Waals surface area contributed by atoms with E-state index >= 15 is 0 Å². The van der Waals surface area contributed by atoms with Gasteiger partial charge >= 0.3 is 0 Å². The summed E-state index contributed by atoms with van der Waals surface area (Å²) in [7, 11) is 0. The van der Waals surface area contributed by atoms with Crippen molar-refractivity contribution >= 4 is 23.0 Å². The largest absolute Gasteiger partial charge is 0.293 e. The number of fused-ring (bicyclic) bond motifs is 1. The molecule has 4 aromatic carbocycles. The monoisotopic (exact) mass is 514 g/mol. The minimum absolute atomic E-state index is 0.0222. The molecule has 0 saturated carbocycles. The van der Waals surface area contributed by atoms with Crippen LogP contribution < -0.4 is 4.90 Å². The Morgan fingerprint density at radius 3 is 2.00 bits per heavy atom. The van der Waals surface area contributed by atoms with Gasteiger partial charge in [0.2, 0.25) is 0 Å². The third kappa shape index (κ3) is 5.03. The van der Waals surface area contributed by atoms with Crippen molar-refractivity contribution in [3.8, 4) is 0 Å². The van der Waals surface area contributed by atoms with Crippen LogP contribution in [-0.2, 0) is 4.79 Å². The summed E-state index contributed by atoms with van der Waals surface area (Å²) in [4.78, 5) is 25.5. The maximum absolute atomic E-state index is 13.7. The van der Waals surface area contributed by atoms with Crippen molar-refractivity contribution in [3.05, 3.63) is 131 Å². The molecule has 0 bridgehead atoms. The fourth-order valence-electron chi connectivity index (χ4n) is 5.74. The molecule has 0 N–H and O–H groups in total. The highest BCUT2D eigenvalue weighted by molar-refractivity contribution is 6.54. The summed E-state index contributed by atoms with van der Waals surface area (Å²) in [5.74, 6) is -0.0222. The Balaban J connectivity index is 1.20. The Hall–Kier alpha value is -4.06. The van der Waals surface area contributed by atoms with E-state index in [-0.39, 0.29) is 11.9 Å². The van der Waals surface area contributed by atoms with Crippen molar-refractivity contribution in [2.75, 3.05) is 37.7 Å². The number of aliphatic imine (C=N–C) groups is 1. The average Bonchev–Trinajstić information content (AvgIpc) is 3.23. The average molecular weight is 515 g/mol. The number of para-hydroxylation sites is 1. The first-order valence-electron chi connectivity index (χ1n) is 13.7. The van der Waals surface area contributed by atoms with Crippen LogP contribution in [0.4, 0.5) is 11.4 Å². The zero-order chi connectivity index (χ0) is 26.8. The third-order valence-electron chi connectivity index (χ3n) is 8.05. The number of hydrogen-bond donors (Lipinski definition) is 0. The van der Waals surface area contributed by atoms with Gasteiger partial charge in [-0.1, -0.05) is 91.0 Å². The highest BCUT2D eigenvalue weighted by Crippen LogP contribution is 2.33. The maximum atomic E-state index is 13.7. The Bertz CT molecular complexity index is 1450. The summed E-state index contributed by atoms with van der Waals surface area (Å²) in [6.45, 7) is 8.36. The second-order valence-electron chi connectivity index (χ2n) is 10.4. The number of aryl methyl sites for hydroxylation is 1. The molecule has 5 heteroatoms. The molecule has 5 nitrogen and oxygen atoms in total. The molecule has 2 aliphatic heterocycles. The summed E-state index contributed by atoms with van der Waals surface area (Å²) in [5, 5.41) is 0. The molecular formula is C34H34N4O. The number of hydrogen-bond acceptors (Lipinski definition) is 4. The van der Waals surface area contributed by atoms with E-state index in [2.05, 4.69) is 90.4 Å². The van der Waals surface area contributed by atoms with E-state index in [4.69, 9.17) is 4.99 Å². The molecule has 0 aromatic heterocycles. The molecule has 0 aliphatic carbocycles. The van der Waals surface area contributed by atoms with Crippen LogP contribution in [0.1, 0.15) is 33.9 Å². The van der Waals surface area contributed by atoms with Crippen molar-refractivity contribution in [1.29, 1.82) is 0 Å². The van der Waals surface area contributed by atoms with Crippen LogP contribution in [0.25, 0.3) is 0 Å². The smallest absolute Gasteiger partial charge is 0.278 e. The molecule has 0 atom stereocenters. The Kier molecular flexibility index (Phi) is 7.10. The van der Waals surface area contributed by atoms with Gasteiger partial charge in [0.05, 0.1) is 24.1 Å². The minimum atomic E-state index is -0.0222. The SMILES string of the molecule is Cc1cccc(N=C2C(=O)N(CN3CCN(C(c4ccccc4)c4ccccc4)CC3)c3ccccc32)c1C. The highest BCUT2D eigenvalue weighted by Gasteiger charge is 2.36. The molecule has 39 heavy (non-hydrogen) atoms. The molecular weight excluding hydrogens is 480 g/mol. The summed E-state index contributed by atoms with van der Waals surface area (Å²) in [6.07, 6.45) is 0. The lowest BCUT2D eigenvalue weighted by Gasteiger charge is -2.40. The molecule has 0 spiro atoms. The van der Waals surface area contributed by atoms with Crippen LogP contribution in [0.3, 0.4) is 0 Å². The number of nitrogens with zero attached hydrogens (tertiary/aromatic N) is 4. The van der Waals surface area contributed by atoms with Gasteiger partial charge in [0.1, 0.15) is 5.71 Å². The van der Waals surface area contributed by atoms with E-state index < -0.39 is 0 Å². The van der Waals surface area contributed by atoms with E-state index in [1.807, 2.05) is 41.3 Å². The first kappa shape index (κ1) is 25.2. The normalized spacial score (nSPS) is 17.3. The molecule has 196 valence electrons. The fourth-order valence-corrected chi connectivity index (χ4v) is 5.74. The van der Waals surface area contributed by atoms with Crippen molar-refractivity contribution in [2.45, 2.75) is 19.9 Å². The molecule has 6 rings (SSSR count). The fraction of sp³-hybridized carbons (Fsp3) is 0.235. The molecule has 1 amide bonds. The second kappa shape index (κ2) is 11.0. The summed E-state index contributed by atoms with van der Waals surface area (Å²) >= 11 is 0. The maximum Gasteiger partial charge on any atom is 0.278 e. The number of carbonyl (C=O) groups excluding carboxylic acids is 1. The van der Waals surface area contributed by atoms with Crippen LogP contribution in [0, 0.1) is 13.8 Å². The van der Waals surface area contributed by atoms with E-state index in [1.165, 1.54) is 16.7 Å². The lowest BCUT2D eigenvalue weighted by Crippen LogP contribution is -2.51. The van der Waals surface area contributed by atoms with Gasteiger partial charge in [0.15, 0.2) is 0 Å². The van der Waals surface area contributed by atoms with Gasteiger partial charge in [-0.25, -0.2) is 4.99 Å². The molecule has 1 saturated heterocycles. The van der Waals surface area contributed by atoms with Crippen LogP contribution in [0.15, 0.2) is 108 Å². The number of anilines is 1. The second-order valence-corrected chi connectivity index (χ2v) is 10.4. The lowest BCUT2D eigenvalue weighted by molar-refractivity contribution is -0.112. The van der Waals surface area contributed by atoms with Gasteiger partial charge in [0.25, 0.3) is 5.91 Å². The zero-order valence-electron chi connectivity index (χ0n) is 22.6. The Morgan fingerprint density at radius 1 is 0.718 bits per heavy atom.